The van der Waals surface area contributed by atoms with Crippen molar-refractivity contribution in [2.45, 2.75) is 37.5 Å². The molecule has 0 aliphatic carbocycles. The number of nitrogens with zero attached hydrogens (tertiary/aromatic N) is 3. The summed E-state index contributed by atoms with van der Waals surface area (Å²) in [5.41, 5.74) is 2.55. The smallest absolute Gasteiger partial charge is 0.416 e. The lowest BCUT2D eigenvalue weighted by Gasteiger charge is -2.21. The van der Waals surface area contributed by atoms with E-state index < -0.39 is 73.9 Å². The molecule has 0 bridgehead atoms. The largest absolute Gasteiger partial charge is 0.449 e. The lowest BCUT2D eigenvalue weighted by molar-refractivity contribution is -0.207. The first-order valence-electron chi connectivity index (χ1n) is 11.6. The van der Waals surface area contributed by atoms with Gasteiger partial charge in [0.1, 0.15) is 13.2 Å². The standard InChI is InChI=1S/C24H22ClF6N5O5/c25-15-7-5-13(6-8-15)20-34-36(22(40)35(20)10-18(37)24(29,30)31)11-19(38)33-9-14(12-41-21(32)39)16-3-1-2-4-17(16)23(26,27)28/h1-8,14,18,37H,9-12H2,(H2,32,39)(H,33,38). The second kappa shape index (κ2) is 12.6. The van der Waals surface area contributed by atoms with Gasteiger partial charge >= 0.3 is 24.1 Å². The molecule has 222 valence electrons. The summed E-state index contributed by atoms with van der Waals surface area (Å²) < 4.78 is 85.4. The van der Waals surface area contributed by atoms with E-state index in [1.807, 2.05) is 0 Å². The van der Waals surface area contributed by atoms with Crippen molar-refractivity contribution < 1.29 is 45.8 Å². The van der Waals surface area contributed by atoms with Gasteiger partial charge < -0.3 is 20.9 Å². The van der Waals surface area contributed by atoms with Crippen LogP contribution in [-0.2, 0) is 28.8 Å². The van der Waals surface area contributed by atoms with Crippen LogP contribution in [-0.4, -0.2) is 56.9 Å². The Morgan fingerprint density at radius 1 is 1.07 bits per heavy atom. The van der Waals surface area contributed by atoms with Crippen LogP contribution in [0.1, 0.15) is 17.0 Å². The topological polar surface area (TPSA) is 141 Å². The van der Waals surface area contributed by atoms with Crippen molar-refractivity contribution in [1.82, 2.24) is 19.7 Å². The molecule has 10 nitrogen and oxygen atoms in total. The average molecular weight is 610 g/mol. The number of ether oxygens (including phenoxy) is 1. The average Bonchev–Trinajstić information content (AvgIpc) is 3.18. The number of amides is 2. The molecule has 41 heavy (non-hydrogen) atoms. The minimum absolute atomic E-state index is 0.146. The van der Waals surface area contributed by atoms with Gasteiger partial charge in [-0.2, -0.15) is 26.3 Å². The van der Waals surface area contributed by atoms with Gasteiger partial charge in [-0.15, -0.1) is 5.10 Å². The zero-order chi connectivity index (χ0) is 30.5. The Labute approximate surface area is 232 Å². The molecular weight excluding hydrogens is 588 g/mol. The SMILES string of the molecule is NC(=O)OCC(CNC(=O)Cn1nc(-c2ccc(Cl)cc2)n(CC(O)C(F)(F)F)c1=O)c1ccccc1C(F)(F)F. The summed E-state index contributed by atoms with van der Waals surface area (Å²) in [5.74, 6) is -2.48. The number of hydrogen-bond acceptors (Lipinski definition) is 6. The molecule has 0 spiro atoms. The molecule has 1 heterocycles. The molecule has 0 aliphatic heterocycles. The zero-order valence-corrected chi connectivity index (χ0v) is 21.5. The van der Waals surface area contributed by atoms with Crippen LogP contribution in [0.5, 0.6) is 0 Å². The number of aliphatic hydroxyl groups excluding tert-OH is 1. The molecule has 0 radical (unpaired) electrons. The number of alkyl halides is 6. The van der Waals surface area contributed by atoms with Gasteiger partial charge in [-0.1, -0.05) is 29.8 Å². The fraction of sp³-hybridized carbons (Fsp3) is 0.333. The molecule has 0 saturated heterocycles. The quantitative estimate of drug-likeness (QED) is 0.301. The van der Waals surface area contributed by atoms with Crippen molar-refractivity contribution in [3.05, 3.63) is 75.2 Å². The van der Waals surface area contributed by atoms with Gasteiger partial charge in [0.2, 0.25) is 5.91 Å². The molecule has 2 atom stereocenters. The van der Waals surface area contributed by atoms with E-state index in [4.69, 9.17) is 17.3 Å². The molecule has 4 N–H and O–H groups in total. The van der Waals surface area contributed by atoms with Gasteiger partial charge in [-0.25, -0.2) is 14.3 Å². The number of carbonyl (C=O) groups is 2. The van der Waals surface area contributed by atoms with Crippen LogP contribution in [0.4, 0.5) is 31.1 Å². The van der Waals surface area contributed by atoms with E-state index >= 15 is 0 Å². The Bertz CT molecular complexity index is 1440. The highest BCUT2D eigenvalue weighted by atomic mass is 35.5. The lowest BCUT2D eigenvalue weighted by atomic mass is 9.94. The van der Waals surface area contributed by atoms with Crippen LogP contribution in [0.15, 0.2) is 53.3 Å². The molecule has 3 aromatic rings. The molecule has 0 fully saturated rings. The lowest BCUT2D eigenvalue weighted by Crippen LogP contribution is -2.39. The third-order valence-electron chi connectivity index (χ3n) is 5.73. The normalized spacial score (nSPS) is 13.5. The number of aliphatic hydroxyl groups is 1. The van der Waals surface area contributed by atoms with Crippen molar-refractivity contribution >= 4 is 23.6 Å². The Balaban J connectivity index is 1.87. The summed E-state index contributed by atoms with van der Waals surface area (Å²) in [7, 11) is 0. The van der Waals surface area contributed by atoms with Crippen LogP contribution in [0, 0.1) is 0 Å². The fourth-order valence-corrected chi connectivity index (χ4v) is 3.91. The van der Waals surface area contributed by atoms with Gasteiger partial charge in [0.15, 0.2) is 11.9 Å². The van der Waals surface area contributed by atoms with Gasteiger partial charge in [-0.3, -0.25) is 9.36 Å². The minimum atomic E-state index is -5.06. The van der Waals surface area contributed by atoms with Crippen LogP contribution in [0.3, 0.4) is 0 Å². The van der Waals surface area contributed by atoms with Crippen molar-refractivity contribution in [1.29, 1.82) is 0 Å². The first-order valence-corrected chi connectivity index (χ1v) is 12.0. The molecule has 2 unspecified atom stereocenters. The summed E-state index contributed by atoms with van der Waals surface area (Å²) in [4.78, 5) is 36.7. The van der Waals surface area contributed by atoms with E-state index in [1.54, 1.807) is 0 Å². The number of aromatic nitrogens is 3. The number of halogens is 7. The molecular formula is C24H22ClF6N5O5. The number of carbonyl (C=O) groups excluding carboxylic acids is 2. The predicted molar refractivity (Wildman–Crippen MR) is 132 cm³/mol. The van der Waals surface area contributed by atoms with Crippen LogP contribution in [0.2, 0.25) is 5.02 Å². The first-order chi connectivity index (χ1) is 19.1. The van der Waals surface area contributed by atoms with Crippen LogP contribution in [0.25, 0.3) is 11.4 Å². The Hall–Kier alpha value is -4.05. The number of nitrogens with two attached hydrogens (primary N) is 1. The molecule has 0 saturated carbocycles. The van der Waals surface area contributed by atoms with E-state index in [9.17, 15) is 45.8 Å². The molecule has 17 heteroatoms. The van der Waals surface area contributed by atoms with E-state index in [0.717, 1.165) is 18.2 Å². The van der Waals surface area contributed by atoms with E-state index in [-0.39, 0.29) is 22.0 Å². The van der Waals surface area contributed by atoms with Gasteiger partial charge in [0, 0.05) is 23.0 Å². The molecule has 2 amide bonds. The molecule has 3 rings (SSSR count). The maximum atomic E-state index is 13.5. The highest BCUT2D eigenvalue weighted by Crippen LogP contribution is 2.35. The Morgan fingerprint density at radius 2 is 1.71 bits per heavy atom. The van der Waals surface area contributed by atoms with E-state index in [2.05, 4.69) is 15.2 Å². The van der Waals surface area contributed by atoms with Gasteiger partial charge in [0.25, 0.3) is 0 Å². The van der Waals surface area contributed by atoms with Crippen molar-refractivity contribution in [3.8, 4) is 11.4 Å². The summed E-state index contributed by atoms with van der Waals surface area (Å²) in [6.07, 6.45) is -14.0. The van der Waals surface area contributed by atoms with Crippen LogP contribution < -0.4 is 16.7 Å². The molecule has 0 aliphatic rings. The summed E-state index contributed by atoms with van der Waals surface area (Å²) >= 11 is 5.83. The highest BCUT2D eigenvalue weighted by molar-refractivity contribution is 6.30. The number of primary amides is 1. The Kier molecular flexibility index (Phi) is 9.70. The maximum absolute atomic E-state index is 13.5. The van der Waals surface area contributed by atoms with Gasteiger partial charge in [-0.05, 0) is 35.9 Å². The second-order valence-corrected chi connectivity index (χ2v) is 9.09. The third-order valence-corrected chi connectivity index (χ3v) is 5.98. The van der Waals surface area contributed by atoms with Crippen LogP contribution >= 0.6 is 11.6 Å². The maximum Gasteiger partial charge on any atom is 0.416 e. The van der Waals surface area contributed by atoms with Crippen molar-refractivity contribution in [2.24, 2.45) is 5.73 Å². The number of rotatable bonds is 10. The van der Waals surface area contributed by atoms with Crippen molar-refractivity contribution in [2.75, 3.05) is 13.2 Å². The molecule has 2 aromatic carbocycles. The number of nitrogens with one attached hydrogen (secondary N) is 1. The van der Waals surface area contributed by atoms with Gasteiger partial charge in [0.05, 0.1) is 12.1 Å². The number of benzene rings is 2. The Morgan fingerprint density at radius 3 is 2.29 bits per heavy atom. The first kappa shape index (κ1) is 31.5. The minimum Gasteiger partial charge on any atom is -0.449 e. The highest BCUT2D eigenvalue weighted by Gasteiger charge is 2.39. The zero-order valence-electron chi connectivity index (χ0n) is 20.7. The van der Waals surface area contributed by atoms with Crippen molar-refractivity contribution in [3.63, 3.8) is 0 Å². The predicted octanol–water partition coefficient (Wildman–Crippen LogP) is 3.30. The number of hydrogen-bond donors (Lipinski definition) is 3. The van der Waals surface area contributed by atoms with E-state index in [1.165, 1.54) is 30.3 Å². The van der Waals surface area contributed by atoms with E-state index in [0.29, 0.717) is 9.25 Å². The summed E-state index contributed by atoms with van der Waals surface area (Å²) in [5, 5.41) is 16.1. The monoisotopic (exact) mass is 609 g/mol. The third kappa shape index (κ3) is 8.23. The molecule has 1 aromatic heterocycles. The summed E-state index contributed by atoms with van der Waals surface area (Å²) in [6, 6.07) is 9.85. The second-order valence-electron chi connectivity index (χ2n) is 8.65. The summed E-state index contributed by atoms with van der Waals surface area (Å²) in [6.45, 7) is -3.22. The fourth-order valence-electron chi connectivity index (χ4n) is 3.78.